The van der Waals surface area contributed by atoms with Crippen LogP contribution in [0.25, 0.3) is 0 Å². The van der Waals surface area contributed by atoms with Crippen molar-refractivity contribution in [2.45, 2.75) is 19.8 Å². The average molecular weight is 237 g/mol. The van der Waals surface area contributed by atoms with E-state index >= 15 is 0 Å². The lowest BCUT2D eigenvalue weighted by atomic mass is 10.3. The van der Waals surface area contributed by atoms with E-state index in [0.717, 1.165) is 25.9 Å². The molecule has 1 aromatic rings. The van der Waals surface area contributed by atoms with E-state index in [0.29, 0.717) is 17.5 Å². The highest BCUT2D eigenvalue weighted by molar-refractivity contribution is 5.62. The van der Waals surface area contributed by atoms with Gasteiger partial charge in [-0.2, -0.15) is 4.98 Å². The molecule has 0 aromatic carbocycles. The van der Waals surface area contributed by atoms with E-state index in [9.17, 15) is 10.1 Å². The van der Waals surface area contributed by atoms with Crippen molar-refractivity contribution in [3.05, 3.63) is 15.8 Å². The summed E-state index contributed by atoms with van der Waals surface area (Å²) in [5.74, 6) is 0.861. The van der Waals surface area contributed by atoms with Crippen LogP contribution in [0.1, 0.15) is 18.5 Å². The van der Waals surface area contributed by atoms with Crippen molar-refractivity contribution in [2.24, 2.45) is 0 Å². The topological polar surface area (TPSA) is 84.2 Å². The Morgan fingerprint density at radius 1 is 1.35 bits per heavy atom. The summed E-state index contributed by atoms with van der Waals surface area (Å²) in [4.78, 5) is 20.9. The molecule has 0 bridgehead atoms. The first-order valence-corrected chi connectivity index (χ1v) is 5.59. The largest absolute Gasteiger partial charge is 0.357 e. The van der Waals surface area contributed by atoms with Crippen molar-refractivity contribution >= 4 is 17.5 Å². The molecule has 7 nitrogen and oxygen atoms in total. The molecule has 17 heavy (non-hydrogen) atoms. The summed E-state index contributed by atoms with van der Waals surface area (Å²) in [7, 11) is 1.70. The Labute approximate surface area is 99.0 Å². The first-order valence-electron chi connectivity index (χ1n) is 5.59. The van der Waals surface area contributed by atoms with Gasteiger partial charge in [-0.15, -0.1) is 0 Å². The van der Waals surface area contributed by atoms with Crippen LogP contribution < -0.4 is 10.2 Å². The van der Waals surface area contributed by atoms with Crippen molar-refractivity contribution < 1.29 is 4.92 Å². The minimum atomic E-state index is -0.400. The highest BCUT2D eigenvalue weighted by atomic mass is 16.6. The third kappa shape index (κ3) is 2.13. The molecule has 0 atom stereocenters. The lowest BCUT2D eigenvalue weighted by molar-refractivity contribution is -0.385. The number of aryl methyl sites for hydroxylation is 1. The maximum atomic E-state index is 11.1. The van der Waals surface area contributed by atoms with Gasteiger partial charge in [0.05, 0.1) is 4.92 Å². The smallest absolute Gasteiger partial charge is 0.332 e. The standard InChI is InChI=1S/C10H15N5O2/c1-7-8(15(16)17)9(13-10(11-2)12-7)14-5-3-4-6-14/h3-6H2,1-2H3,(H,11,12,13). The van der Waals surface area contributed by atoms with E-state index in [-0.39, 0.29) is 5.69 Å². The van der Waals surface area contributed by atoms with Crippen LogP contribution in [0.2, 0.25) is 0 Å². The molecule has 2 rings (SSSR count). The minimum Gasteiger partial charge on any atom is -0.357 e. The van der Waals surface area contributed by atoms with Crippen LogP contribution in [-0.4, -0.2) is 35.0 Å². The third-order valence-electron chi connectivity index (χ3n) is 2.85. The van der Waals surface area contributed by atoms with Gasteiger partial charge in [0.25, 0.3) is 0 Å². The van der Waals surface area contributed by atoms with Crippen LogP contribution in [-0.2, 0) is 0 Å². The normalized spacial score (nSPS) is 15.1. The molecule has 0 unspecified atom stereocenters. The second-order valence-electron chi connectivity index (χ2n) is 4.01. The van der Waals surface area contributed by atoms with Crippen molar-refractivity contribution in [3.63, 3.8) is 0 Å². The highest BCUT2D eigenvalue weighted by Gasteiger charge is 2.27. The molecule has 2 heterocycles. The summed E-state index contributed by atoms with van der Waals surface area (Å²) in [6.45, 7) is 3.28. The Morgan fingerprint density at radius 2 is 2.00 bits per heavy atom. The van der Waals surface area contributed by atoms with Gasteiger partial charge in [-0.3, -0.25) is 10.1 Å². The van der Waals surface area contributed by atoms with E-state index in [2.05, 4.69) is 15.3 Å². The molecule has 0 aliphatic carbocycles. The molecule has 0 amide bonds. The molecular weight excluding hydrogens is 222 g/mol. The van der Waals surface area contributed by atoms with Gasteiger partial charge in [-0.1, -0.05) is 0 Å². The zero-order chi connectivity index (χ0) is 12.4. The van der Waals surface area contributed by atoms with Crippen molar-refractivity contribution in [1.29, 1.82) is 0 Å². The molecule has 0 radical (unpaired) electrons. The molecule has 1 fully saturated rings. The highest BCUT2D eigenvalue weighted by Crippen LogP contribution is 2.31. The maximum absolute atomic E-state index is 11.1. The van der Waals surface area contributed by atoms with Crippen molar-refractivity contribution in [2.75, 3.05) is 30.4 Å². The first kappa shape index (κ1) is 11.6. The molecule has 1 saturated heterocycles. The zero-order valence-corrected chi connectivity index (χ0v) is 9.93. The number of hydrogen-bond donors (Lipinski definition) is 1. The van der Waals surface area contributed by atoms with E-state index in [1.54, 1.807) is 14.0 Å². The van der Waals surface area contributed by atoms with Gasteiger partial charge in [0.15, 0.2) is 0 Å². The Kier molecular flexibility index (Phi) is 3.08. The summed E-state index contributed by atoms with van der Waals surface area (Å²) in [5.41, 5.74) is 0.419. The number of hydrogen-bond acceptors (Lipinski definition) is 6. The van der Waals surface area contributed by atoms with Gasteiger partial charge >= 0.3 is 5.69 Å². The number of anilines is 2. The SMILES string of the molecule is CNc1nc(C)c([N+](=O)[O-])c(N2CCCC2)n1. The van der Waals surface area contributed by atoms with Gasteiger partial charge in [-0.25, -0.2) is 4.98 Å². The fourth-order valence-electron chi connectivity index (χ4n) is 2.03. The minimum absolute atomic E-state index is 0.0194. The van der Waals surface area contributed by atoms with Crippen molar-refractivity contribution in [1.82, 2.24) is 9.97 Å². The van der Waals surface area contributed by atoms with Crippen LogP contribution in [0.5, 0.6) is 0 Å². The van der Waals surface area contributed by atoms with Gasteiger partial charge in [0.1, 0.15) is 5.69 Å². The Balaban J connectivity index is 2.51. The molecule has 0 saturated carbocycles. The average Bonchev–Trinajstić information content (AvgIpc) is 2.80. The summed E-state index contributed by atoms with van der Waals surface area (Å²) < 4.78 is 0. The van der Waals surface area contributed by atoms with Crippen molar-refractivity contribution in [3.8, 4) is 0 Å². The summed E-state index contributed by atoms with van der Waals surface area (Å²) in [6, 6.07) is 0. The van der Waals surface area contributed by atoms with E-state index in [1.165, 1.54) is 0 Å². The van der Waals surface area contributed by atoms with Gasteiger partial charge in [0.2, 0.25) is 11.8 Å². The number of aromatic nitrogens is 2. The van der Waals surface area contributed by atoms with Crippen LogP contribution in [0.3, 0.4) is 0 Å². The van der Waals surface area contributed by atoms with Gasteiger partial charge in [0, 0.05) is 20.1 Å². The third-order valence-corrected chi connectivity index (χ3v) is 2.85. The van der Waals surface area contributed by atoms with Crippen LogP contribution in [0.15, 0.2) is 0 Å². The monoisotopic (exact) mass is 237 g/mol. The van der Waals surface area contributed by atoms with Gasteiger partial charge < -0.3 is 10.2 Å². The van der Waals surface area contributed by atoms with Gasteiger partial charge in [-0.05, 0) is 19.8 Å². The van der Waals surface area contributed by atoms with Crippen LogP contribution in [0.4, 0.5) is 17.5 Å². The van der Waals surface area contributed by atoms with E-state index in [1.807, 2.05) is 4.90 Å². The molecule has 1 aliphatic heterocycles. The predicted molar refractivity (Wildman–Crippen MR) is 64.4 cm³/mol. The number of nitrogens with zero attached hydrogens (tertiary/aromatic N) is 4. The first-order chi connectivity index (χ1) is 8.13. The fraction of sp³-hybridized carbons (Fsp3) is 0.600. The predicted octanol–water partition coefficient (Wildman–Crippen LogP) is 1.34. The fourth-order valence-corrected chi connectivity index (χ4v) is 2.03. The molecule has 92 valence electrons. The summed E-state index contributed by atoms with van der Waals surface area (Å²) in [6.07, 6.45) is 2.10. The number of nitrogens with one attached hydrogen (secondary N) is 1. The Bertz CT molecular complexity index is 443. The number of rotatable bonds is 3. The zero-order valence-electron chi connectivity index (χ0n) is 9.93. The summed E-state index contributed by atoms with van der Waals surface area (Å²) >= 11 is 0. The molecule has 0 spiro atoms. The Hall–Kier alpha value is -1.92. The summed E-state index contributed by atoms with van der Waals surface area (Å²) in [5, 5.41) is 13.9. The molecule has 1 aromatic heterocycles. The second kappa shape index (κ2) is 4.52. The quantitative estimate of drug-likeness (QED) is 0.630. The maximum Gasteiger partial charge on any atom is 0.332 e. The molecule has 1 N–H and O–H groups in total. The lowest BCUT2D eigenvalue weighted by Gasteiger charge is -2.17. The Morgan fingerprint density at radius 3 is 2.53 bits per heavy atom. The van der Waals surface area contributed by atoms with Crippen LogP contribution in [0, 0.1) is 17.0 Å². The van der Waals surface area contributed by atoms with E-state index in [4.69, 9.17) is 0 Å². The lowest BCUT2D eigenvalue weighted by Crippen LogP contribution is -2.21. The number of nitro groups is 1. The molecule has 7 heteroatoms. The second-order valence-corrected chi connectivity index (χ2v) is 4.01. The molecule has 1 aliphatic rings. The van der Waals surface area contributed by atoms with Crippen LogP contribution >= 0.6 is 0 Å². The van der Waals surface area contributed by atoms with E-state index < -0.39 is 4.92 Å². The molecular formula is C10H15N5O2.